The number of hydrogen-bond acceptors (Lipinski definition) is 6. The van der Waals surface area contributed by atoms with Gasteiger partial charge in [-0.3, -0.25) is 4.79 Å². The number of thiophene rings is 1. The third-order valence-electron chi connectivity index (χ3n) is 5.64. The van der Waals surface area contributed by atoms with Crippen LogP contribution in [0.1, 0.15) is 40.7 Å². The number of fused-ring (bicyclic) bond motifs is 3. The van der Waals surface area contributed by atoms with Crippen molar-refractivity contribution in [3.8, 4) is 22.8 Å². The summed E-state index contributed by atoms with van der Waals surface area (Å²) in [5, 5.41) is 21.0. The highest BCUT2D eigenvalue weighted by atomic mass is 32.1. The predicted molar refractivity (Wildman–Crippen MR) is 122 cm³/mol. The molecule has 1 atom stereocenters. The minimum Gasteiger partial charge on any atom is -0.493 e. The number of aliphatic hydroxyl groups excluding tert-OH is 1. The van der Waals surface area contributed by atoms with Crippen molar-refractivity contribution >= 4 is 17.3 Å². The molecule has 0 spiro atoms. The van der Waals surface area contributed by atoms with E-state index < -0.39 is 16.8 Å². The molecule has 1 aromatic carbocycles. The lowest BCUT2D eigenvalue weighted by Gasteiger charge is -2.31. The Kier molecular flexibility index (Phi) is 5.83. The van der Waals surface area contributed by atoms with E-state index in [-0.39, 0.29) is 18.2 Å². The Balaban J connectivity index is 1.87. The van der Waals surface area contributed by atoms with E-state index in [1.165, 1.54) is 12.3 Å². The first-order valence-corrected chi connectivity index (χ1v) is 11.1. The van der Waals surface area contributed by atoms with Gasteiger partial charge in [0.15, 0.2) is 16.9 Å². The quantitative estimate of drug-likeness (QED) is 0.562. The Labute approximate surface area is 189 Å². The molecular weight excluding hydrogens is 430 g/mol. The van der Waals surface area contributed by atoms with Gasteiger partial charge in [0.25, 0.3) is 0 Å². The number of aromatic nitrogens is 1. The molecule has 3 heterocycles. The molecule has 0 radical (unpaired) electrons. The molecule has 0 bridgehead atoms. The zero-order valence-corrected chi connectivity index (χ0v) is 18.9. The average Bonchev–Trinajstić information content (AvgIpc) is 3.30. The van der Waals surface area contributed by atoms with Gasteiger partial charge in [-0.05, 0) is 35.6 Å². The molecule has 4 rings (SSSR count). The van der Waals surface area contributed by atoms with Gasteiger partial charge < -0.3 is 24.3 Å². The van der Waals surface area contributed by atoms with E-state index in [0.29, 0.717) is 30.2 Å². The fourth-order valence-corrected chi connectivity index (χ4v) is 4.64. The van der Waals surface area contributed by atoms with E-state index in [1.807, 2.05) is 48.1 Å². The SMILES string of the molecule is COc1cc2c(cc1OCC(C)(C)CO)CC(c1cccs1)n1cc(C(=O)O)c(=O)cc1-2. The van der Waals surface area contributed by atoms with Crippen LogP contribution in [0, 0.1) is 5.41 Å². The van der Waals surface area contributed by atoms with E-state index in [9.17, 15) is 19.8 Å². The van der Waals surface area contributed by atoms with Gasteiger partial charge >= 0.3 is 5.97 Å². The van der Waals surface area contributed by atoms with Crippen LogP contribution < -0.4 is 14.9 Å². The molecule has 0 aliphatic carbocycles. The molecule has 3 aromatic rings. The zero-order valence-electron chi connectivity index (χ0n) is 18.1. The fraction of sp³-hybridized carbons (Fsp3) is 0.333. The van der Waals surface area contributed by atoms with Crippen LogP contribution >= 0.6 is 11.3 Å². The maximum absolute atomic E-state index is 12.5. The average molecular weight is 456 g/mol. The highest BCUT2D eigenvalue weighted by Gasteiger charge is 2.29. The smallest absolute Gasteiger partial charge is 0.341 e. The van der Waals surface area contributed by atoms with Gasteiger partial charge in [0, 0.05) is 28.1 Å². The van der Waals surface area contributed by atoms with Gasteiger partial charge in [-0.2, -0.15) is 0 Å². The third-order valence-corrected chi connectivity index (χ3v) is 6.62. The van der Waals surface area contributed by atoms with Crippen LogP contribution in [0.25, 0.3) is 11.3 Å². The molecule has 1 unspecified atom stereocenters. The van der Waals surface area contributed by atoms with E-state index in [0.717, 1.165) is 16.0 Å². The summed E-state index contributed by atoms with van der Waals surface area (Å²) < 4.78 is 13.4. The van der Waals surface area contributed by atoms with E-state index in [4.69, 9.17) is 9.47 Å². The summed E-state index contributed by atoms with van der Waals surface area (Å²) in [6.07, 6.45) is 2.04. The normalized spacial score (nSPS) is 15.1. The van der Waals surface area contributed by atoms with Crippen molar-refractivity contribution in [2.45, 2.75) is 26.3 Å². The number of methoxy groups -OCH3 is 1. The second kappa shape index (κ2) is 8.44. The van der Waals surface area contributed by atoms with Gasteiger partial charge in [0.2, 0.25) is 0 Å². The number of aliphatic hydroxyl groups is 1. The lowest BCUT2D eigenvalue weighted by molar-refractivity contribution is 0.0694. The van der Waals surface area contributed by atoms with Crippen LogP contribution in [0.15, 0.2) is 46.7 Å². The standard InChI is InChI=1S/C24H25NO6S/c1-24(2,12-26)13-31-21-8-14-7-18(22-5-4-6-32-22)25-11-16(23(28)29)19(27)10-17(25)15(14)9-20(21)30-3/h4-6,8-11,18,26H,7,12-13H2,1-3H3,(H,28,29). The van der Waals surface area contributed by atoms with Crippen molar-refractivity contribution in [1.29, 1.82) is 0 Å². The number of aromatic carboxylic acids is 1. The van der Waals surface area contributed by atoms with Gasteiger partial charge in [-0.15, -0.1) is 11.3 Å². The van der Waals surface area contributed by atoms with Crippen molar-refractivity contribution in [2.75, 3.05) is 20.3 Å². The Hall–Kier alpha value is -3.10. The minimum absolute atomic E-state index is 0.0110. The molecular formula is C24H25NO6S. The summed E-state index contributed by atoms with van der Waals surface area (Å²) in [4.78, 5) is 25.2. The molecule has 0 saturated carbocycles. The lowest BCUT2D eigenvalue weighted by Crippen LogP contribution is -2.26. The van der Waals surface area contributed by atoms with Gasteiger partial charge in [-0.25, -0.2) is 4.79 Å². The Morgan fingerprint density at radius 1 is 1.28 bits per heavy atom. The summed E-state index contributed by atoms with van der Waals surface area (Å²) in [6.45, 7) is 4.12. The number of carboxylic acid groups (broad SMARTS) is 1. The van der Waals surface area contributed by atoms with Crippen molar-refractivity contribution in [3.05, 3.63) is 68.1 Å². The Morgan fingerprint density at radius 2 is 2.06 bits per heavy atom. The van der Waals surface area contributed by atoms with E-state index in [2.05, 4.69) is 0 Å². The molecule has 32 heavy (non-hydrogen) atoms. The van der Waals surface area contributed by atoms with E-state index in [1.54, 1.807) is 18.4 Å². The fourth-order valence-electron chi connectivity index (χ4n) is 3.81. The first-order chi connectivity index (χ1) is 15.2. The number of carbonyl (C=O) groups is 1. The summed E-state index contributed by atoms with van der Waals surface area (Å²) in [7, 11) is 1.55. The number of nitrogens with zero attached hydrogens (tertiary/aromatic N) is 1. The van der Waals surface area contributed by atoms with Crippen LogP contribution in [0.4, 0.5) is 0 Å². The van der Waals surface area contributed by atoms with Crippen molar-refractivity contribution in [1.82, 2.24) is 4.57 Å². The molecule has 7 nitrogen and oxygen atoms in total. The molecule has 168 valence electrons. The van der Waals surface area contributed by atoms with E-state index >= 15 is 0 Å². The molecule has 0 saturated heterocycles. The monoisotopic (exact) mass is 455 g/mol. The summed E-state index contributed by atoms with van der Waals surface area (Å²) >= 11 is 1.58. The molecule has 0 amide bonds. The maximum atomic E-state index is 12.5. The van der Waals surface area contributed by atoms with Crippen LogP contribution in [0.3, 0.4) is 0 Å². The zero-order chi connectivity index (χ0) is 23.0. The third kappa shape index (κ3) is 4.03. The largest absolute Gasteiger partial charge is 0.493 e. The van der Waals surface area contributed by atoms with Crippen molar-refractivity contribution in [2.24, 2.45) is 5.41 Å². The number of ether oxygens (including phenoxy) is 2. The molecule has 1 aliphatic heterocycles. The van der Waals surface area contributed by atoms with Gasteiger partial charge in [0.1, 0.15) is 5.56 Å². The van der Waals surface area contributed by atoms with Gasteiger partial charge in [0.05, 0.1) is 32.1 Å². The van der Waals surface area contributed by atoms with Gasteiger partial charge in [-0.1, -0.05) is 19.9 Å². The molecule has 2 aromatic heterocycles. The van der Waals surface area contributed by atoms with Crippen LogP contribution in [-0.4, -0.2) is 41.1 Å². The molecule has 1 aliphatic rings. The number of hydrogen-bond donors (Lipinski definition) is 2. The molecule has 0 fully saturated rings. The highest BCUT2D eigenvalue weighted by molar-refractivity contribution is 7.10. The van der Waals surface area contributed by atoms with Crippen LogP contribution in [0.5, 0.6) is 11.5 Å². The molecule has 8 heteroatoms. The minimum atomic E-state index is -1.24. The first kappa shape index (κ1) is 22.1. The second-order valence-corrected chi connectivity index (χ2v) is 9.63. The summed E-state index contributed by atoms with van der Waals surface area (Å²) in [5.41, 5.74) is 1.22. The number of pyridine rings is 1. The van der Waals surface area contributed by atoms with Crippen LogP contribution in [0.2, 0.25) is 0 Å². The summed E-state index contributed by atoms with van der Waals surface area (Å²) in [5.74, 6) is -0.169. The topological polar surface area (TPSA) is 98.0 Å². The Bertz CT molecular complexity index is 1210. The highest BCUT2D eigenvalue weighted by Crippen LogP contribution is 2.43. The van der Waals surface area contributed by atoms with Crippen molar-refractivity contribution in [3.63, 3.8) is 0 Å². The maximum Gasteiger partial charge on any atom is 0.341 e. The predicted octanol–water partition coefficient (Wildman–Crippen LogP) is 3.83. The van der Waals surface area contributed by atoms with Crippen LogP contribution in [-0.2, 0) is 6.42 Å². The number of rotatable bonds is 7. The second-order valence-electron chi connectivity index (χ2n) is 8.66. The summed E-state index contributed by atoms with van der Waals surface area (Å²) in [6, 6.07) is 8.94. The Morgan fingerprint density at radius 3 is 2.69 bits per heavy atom. The lowest BCUT2D eigenvalue weighted by atomic mass is 9.90. The van der Waals surface area contributed by atoms with Crippen molar-refractivity contribution < 1.29 is 24.5 Å². The number of benzene rings is 1. The first-order valence-electron chi connectivity index (χ1n) is 10.2. The molecule has 2 N–H and O–H groups in total. The number of carboxylic acids is 1.